The van der Waals surface area contributed by atoms with E-state index in [1.54, 1.807) is 0 Å². The average Bonchev–Trinajstić information content (AvgIpc) is 3.69. The number of carboxylic acids is 1. The van der Waals surface area contributed by atoms with Crippen LogP contribution in [0.3, 0.4) is 0 Å². The zero-order valence-electron chi connectivity index (χ0n) is 17.7. The molecule has 5 rings (SSSR count). The van der Waals surface area contributed by atoms with Gasteiger partial charge in [-0.3, -0.25) is 4.79 Å². The Labute approximate surface area is 188 Å². The number of aliphatic carboxylic acids is 1. The van der Waals surface area contributed by atoms with Crippen molar-refractivity contribution in [3.63, 3.8) is 0 Å². The predicted molar refractivity (Wildman–Crippen MR) is 118 cm³/mol. The number of rotatable bonds is 6. The highest BCUT2D eigenvalue weighted by Crippen LogP contribution is 2.42. The van der Waals surface area contributed by atoms with Gasteiger partial charge in [0.15, 0.2) is 0 Å². The lowest BCUT2D eigenvalue weighted by atomic mass is 10.1. The third kappa shape index (κ3) is 6.13. The highest BCUT2D eigenvalue weighted by Gasteiger charge is 2.39. The lowest BCUT2D eigenvalue weighted by molar-refractivity contribution is -0.192. The summed E-state index contributed by atoms with van der Waals surface area (Å²) in [6, 6.07) is 16.6. The minimum absolute atomic E-state index is 0.0729. The number of carbonyl (C=O) groups excluding carboxylic acids is 1. The zero-order chi connectivity index (χ0) is 23.6. The third-order valence-corrected chi connectivity index (χ3v) is 5.81. The molecule has 4 N–H and O–H groups in total. The van der Waals surface area contributed by atoms with E-state index < -0.39 is 12.1 Å². The molecular weight excluding hydrogens is 435 g/mol. The van der Waals surface area contributed by atoms with Crippen molar-refractivity contribution in [2.45, 2.75) is 37.4 Å². The molecule has 0 saturated heterocycles. The van der Waals surface area contributed by atoms with Crippen molar-refractivity contribution < 1.29 is 27.9 Å². The van der Waals surface area contributed by atoms with Crippen LogP contribution in [-0.2, 0) is 4.79 Å². The van der Waals surface area contributed by atoms with Gasteiger partial charge in [-0.25, -0.2) is 4.79 Å². The van der Waals surface area contributed by atoms with E-state index in [4.69, 9.17) is 9.90 Å². The van der Waals surface area contributed by atoms with E-state index >= 15 is 0 Å². The van der Waals surface area contributed by atoms with Crippen LogP contribution in [-0.4, -0.2) is 40.7 Å². The number of anilines is 1. The maximum atomic E-state index is 12.5. The molecule has 0 bridgehead atoms. The molecule has 0 radical (unpaired) electrons. The van der Waals surface area contributed by atoms with Gasteiger partial charge in [0.2, 0.25) is 0 Å². The number of halogens is 3. The molecule has 0 aliphatic heterocycles. The summed E-state index contributed by atoms with van der Waals surface area (Å²) in [5.41, 5.74) is 3.92. The molecule has 2 atom stereocenters. The van der Waals surface area contributed by atoms with Gasteiger partial charge in [-0.05, 0) is 73.7 Å². The van der Waals surface area contributed by atoms with E-state index in [1.807, 2.05) is 42.6 Å². The molecule has 1 heterocycles. The van der Waals surface area contributed by atoms with E-state index in [0.29, 0.717) is 17.5 Å². The standard InChI is InChI=1S/C22H23N3O.C2HF3O2/c26-22(17-5-8-20-16(11-17)9-10-23-20)25-18-6-3-15(4-7-18)19-12-21(19)24-13-14-1-2-14;3-2(4,5)1(6)7/h3-11,14,19,21,23-24H,1-2,12-13H2,(H,25,26);(H,6,7)/t19-,21+;/m0./s1. The van der Waals surface area contributed by atoms with Crippen LogP contribution in [0.1, 0.15) is 41.1 Å². The molecule has 6 nitrogen and oxygen atoms in total. The second kappa shape index (κ2) is 9.27. The van der Waals surface area contributed by atoms with Crippen molar-refractivity contribution in [2.75, 3.05) is 11.9 Å². The summed E-state index contributed by atoms with van der Waals surface area (Å²) < 4.78 is 31.7. The Hall–Kier alpha value is -3.33. The average molecular weight is 459 g/mol. The van der Waals surface area contributed by atoms with Crippen molar-refractivity contribution in [3.8, 4) is 0 Å². The van der Waals surface area contributed by atoms with E-state index in [2.05, 4.69) is 27.8 Å². The molecule has 1 aromatic heterocycles. The van der Waals surface area contributed by atoms with Gasteiger partial charge in [0.1, 0.15) is 0 Å². The Bertz CT molecular complexity index is 1140. The fourth-order valence-electron chi connectivity index (χ4n) is 3.64. The van der Waals surface area contributed by atoms with Crippen LogP contribution in [0.25, 0.3) is 10.9 Å². The number of H-pyrrole nitrogens is 1. The number of carbonyl (C=O) groups is 2. The number of alkyl halides is 3. The molecule has 2 aliphatic carbocycles. The number of fused-ring (bicyclic) bond motifs is 1. The minimum Gasteiger partial charge on any atom is -0.475 e. The van der Waals surface area contributed by atoms with Gasteiger partial charge in [-0.2, -0.15) is 13.2 Å². The van der Waals surface area contributed by atoms with Gasteiger partial charge >= 0.3 is 12.1 Å². The Kier molecular flexibility index (Phi) is 6.42. The summed E-state index contributed by atoms with van der Waals surface area (Å²) in [5.74, 6) is -1.27. The number of nitrogens with one attached hydrogen (secondary N) is 3. The largest absolute Gasteiger partial charge is 0.490 e. The SMILES string of the molecule is O=C(Nc1ccc([C@@H]2C[C@H]2NCC2CC2)cc1)c1ccc2[nH]ccc2c1.O=C(O)C(F)(F)F. The lowest BCUT2D eigenvalue weighted by Gasteiger charge is -2.07. The van der Waals surface area contributed by atoms with Crippen LogP contribution in [0.2, 0.25) is 0 Å². The summed E-state index contributed by atoms with van der Waals surface area (Å²) in [6.07, 6.45) is 0.830. The van der Waals surface area contributed by atoms with E-state index in [0.717, 1.165) is 22.5 Å². The highest BCUT2D eigenvalue weighted by molar-refractivity contribution is 6.06. The number of aromatic nitrogens is 1. The van der Waals surface area contributed by atoms with Crippen LogP contribution >= 0.6 is 0 Å². The molecule has 2 saturated carbocycles. The lowest BCUT2D eigenvalue weighted by Crippen LogP contribution is -2.21. The first-order valence-electron chi connectivity index (χ1n) is 10.7. The second-order valence-electron chi connectivity index (χ2n) is 8.46. The van der Waals surface area contributed by atoms with Gasteiger partial charge in [-0.15, -0.1) is 0 Å². The van der Waals surface area contributed by atoms with Gasteiger partial charge < -0.3 is 20.7 Å². The van der Waals surface area contributed by atoms with Crippen LogP contribution in [0.4, 0.5) is 18.9 Å². The summed E-state index contributed by atoms with van der Waals surface area (Å²) >= 11 is 0. The molecule has 3 aromatic rings. The van der Waals surface area contributed by atoms with Crippen LogP contribution in [0.5, 0.6) is 0 Å². The maximum Gasteiger partial charge on any atom is 0.490 e. The van der Waals surface area contributed by atoms with Crippen LogP contribution < -0.4 is 10.6 Å². The monoisotopic (exact) mass is 459 g/mol. The quantitative estimate of drug-likeness (QED) is 0.421. The molecule has 33 heavy (non-hydrogen) atoms. The molecule has 9 heteroatoms. The van der Waals surface area contributed by atoms with Gasteiger partial charge in [0.05, 0.1) is 0 Å². The van der Waals surface area contributed by atoms with Gasteiger partial charge in [0.25, 0.3) is 5.91 Å². The number of carboxylic acid groups (broad SMARTS) is 1. The molecule has 0 unspecified atom stereocenters. The molecule has 2 aromatic carbocycles. The van der Waals surface area contributed by atoms with Crippen LogP contribution in [0.15, 0.2) is 54.7 Å². The van der Waals surface area contributed by atoms with Crippen molar-refractivity contribution in [1.82, 2.24) is 10.3 Å². The molecule has 1 amide bonds. The topological polar surface area (TPSA) is 94.2 Å². The number of aromatic amines is 1. The molecular formula is C24H24F3N3O3. The number of hydrogen-bond acceptors (Lipinski definition) is 3. The van der Waals surface area contributed by atoms with Crippen molar-refractivity contribution in [2.24, 2.45) is 5.92 Å². The Morgan fingerprint density at radius 2 is 1.76 bits per heavy atom. The molecule has 2 aliphatic rings. The van der Waals surface area contributed by atoms with E-state index in [-0.39, 0.29) is 5.91 Å². The normalized spacial score (nSPS) is 19.5. The Morgan fingerprint density at radius 1 is 1.06 bits per heavy atom. The Morgan fingerprint density at radius 3 is 2.39 bits per heavy atom. The zero-order valence-corrected chi connectivity index (χ0v) is 17.7. The van der Waals surface area contributed by atoms with Crippen molar-refractivity contribution >= 4 is 28.5 Å². The fraction of sp³-hybridized carbons (Fsp3) is 0.333. The Balaban J connectivity index is 0.000000325. The summed E-state index contributed by atoms with van der Waals surface area (Å²) in [5, 5.41) is 14.8. The summed E-state index contributed by atoms with van der Waals surface area (Å²) in [6.45, 7) is 1.18. The number of hydrogen-bond donors (Lipinski definition) is 4. The fourth-order valence-corrected chi connectivity index (χ4v) is 3.64. The van der Waals surface area contributed by atoms with Crippen molar-refractivity contribution in [3.05, 3.63) is 65.9 Å². The maximum absolute atomic E-state index is 12.5. The first kappa shape index (κ1) is 22.8. The summed E-state index contributed by atoms with van der Waals surface area (Å²) in [4.78, 5) is 24.5. The third-order valence-electron chi connectivity index (χ3n) is 5.81. The number of amides is 1. The molecule has 0 spiro atoms. The van der Waals surface area contributed by atoms with Gasteiger partial charge in [0, 0.05) is 40.3 Å². The van der Waals surface area contributed by atoms with E-state index in [1.165, 1.54) is 31.4 Å². The number of benzene rings is 2. The highest BCUT2D eigenvalue weighted by atomic mass is 19.4. The van der Waals surface area contributed by atoms with Crippen LogP contribution in [0, 0.1) is 5.92 Å². The minimum atomic E-state index is -5.08. The first-order valence-corrected chi connectivity index (χ1v) is 10.7. The van der Waals surface area contributed by atoms with E-state index in [9.17, 15) is 18.0 Å². The predicted octanol–water partition coefficient (Wildman–Crippen LogP) is 4.91. The van der Waals surface area contributed by atoms with Gasteiger partial charge in [-0.1, -0.05) is 12.1 Å². The molecule has 2 fully saturated rings. The molecule has 174 valence electrons. The first-order chi connectivity index (χ1) is 15.7. The smallest absolute Gasteiger partial charge is 0.475 e. The second-order valence-corrected chi connectivity index (χ2v) is 8.46. The van der Waals surface area contributed by atoms with Crippen molar-refractivity contribution in [1.29, 1.82) is 0 Å². The summed E-state index contributed by atoms with van der Waals surface area (Å²) in [7, 11) is 0.